The molecule has 0 radical (unpaired) electrons. The predicted molar refractivity (Wildman–Crippen MR) is 74.1 cm³/mol. The Hall–Kier alpha value is -1.28. The van der Waals surface area contributed by atoms with Crippen LogP contribution in [0.5, 0.6) is 0 Å². The van der Waals surface area contributed by atoms with Crippen LogP contribution in [0.1, 0.15) is 31.1 Å². The number of carbonyl (C=O) groups excluding carboxylic acids is 1. The Morgan fingerprint density at radius 1 is 1.41 bits per heavy atom. The number of carbonyl (C=O) groups is 1. The van der Waals surface area contributed by atoms with Gasteiger partial charge >= 0.3 is 0 Å². The third kappa shape index (κ3) is 3.34. The van der Waals surface area contributed by atoms with Crippen molar-refractivity contribution in [3.63, 3.8) is 0 Å². The molecule has 1 aromatic carbocycles. The lowest BCUT2D eigenvalue weighted by Crippen LogP contribution is -2.41. The highest BCUT2D eigenvalue weighted by Gasteiger charge is 2.20. The van der Waals surface area contributed by atoms with E-state index in [1.54, 1.807) is 6.07 Å². The maximum Gasteiger partial charge on any atom is 0.151 e. The van der Waals surface area contributed by atoms with Gasteiger partial charge in [-0.15, -0.1) is 6.58 Å². The van der Waals surface area contributed by atoms with Gasteiger partial charge in [0, 0.05) is 23.3 Å². The number of halogens is 1. The van der Waals surface area contributed by atoms with Crippen LogP contribution in [0.3, 0.4) is 0 Å². The monoisotopic (exact) mass is 251 g/mol. The number of rotatable bonds is 4. The maximum absolute atomic E-state index is 10.7. The van der Waals surface area contributed by atoms with E-state index in [2.05, 4.69) is 32.3 Å². The van der Waals surface area contributed by atoms with E-state index in [4.69, 9.17) is 11.6 Å². The molecule has 0 bridgehead atoms. The average molecular weight is 252 g/mol. The Bertz CT molecular complexity index is 421. The Morgan fingerprint density at radius 2 is 2.06 bits per heavy atom. The number of benzene rings is 1. The topological polar surface area (TPSA) is 20.3 Å². The first-order chi connectivity index (χ1) is 7.90. The Kier molecular flexibility index (Phi) is 4.35. The van der Waals surface area contributed by atoms with Gasteiger partial charge < -0.3 is 4.90 Å². The number of hydrogen-bond acceptors (Lipinski definition) is 2. The minimum Gasteiger partial charge on any atom is -0.363 e. The highest BCUT2D eigenvalue weighted by atomic mass is 35.5. The van der Waals surface area contributed by atoms with E-state index < -0.39 is 0 Å². The summed E-state index contributed by atoms with van der Waals surface area (Å²) in [6, 6.07) is 5.47. The van der Waals surface area contributed by atoms with Gasteiger partial charge in [0.15, 0.2) is 6.29 Å². The summed E-state index contributed by atoms with van der Waals surface area (Å²) < 4.78 is 0. The van der Waals surface area contributed by atoms with Gasteiger partial charge in [0.2, 0.25) is 0 Å². The molecule has 2 nitrogen and oxygen atoms in total. The molecular formula is C14H18ClNO. The molecule has 0 aliphatic carbocycles. The normalized spacial score (nSPS) is 11.1. The first-order valence-corrected chi connectivity index (χ1v) is 5.91. The highest BCUT2D eigenvalue weighted by molar-refractivity contribution is 6.33. The van der Waals surface area contributed by atoms with Crippen molar-refractivity contribution in [1.82, 2.24) is 0 Å². The molecule has 0 saturated carbocycles. The molecule has 17 heavy (non-hydrogen) atoms. The molecule has 92 valence electrons. The zero-order valence-corrected chi connectivity index (χ0v) is 11.3. The van der Waals surface area contributed by atoms with Crippen molar-refractivity contribution in [3.8, 4) is 0 Å². The lowest BCUT2D eigenvalue weighted by molar-refractivity contribution is 0.112. The quantitative estimate of drug-likeness (QED) is 0.597. The Labute approximate surface area is 108 Å². The second-order valence-electron chi connectivity index (χ2n) is 4.89. The van der Waals surface area contributed by atoms with Crippen molar-refractivity contribution in [2.75, 3.05) is 11.4 Å². The zero-order valence-electron chi connectivity index (χ0n) is 10.5. The molecule has 0 aliphatic heterocycles. The summed E-state index contributed by atoms with van der Waals surface area (Å²) in [7, 11) is 0. The standard InChI is InChI=1S/C14H18ClNO/c1-5-8-16(14(2,3)4)12-7-6-11(10-17)13(15)9-12/h5-7,9-10H,1,8H2,2-4H3. The van der Waals surface area contributed by atoms with Gasteiger partial charge in [-0.1, -0.05) is 17.7 Å². The fourth-order valence-corrected chi connectivity index (χ4v) is 1.89. The maximum atomic E-state index is 10.7. The van der Waals surface area contributed by atoms with Crippen molar-refractivity contribution in [2.24, 2.45) is 0 Å². The molecule has 0 atom stereocenters. The van der Waals surface area contributed by atoms with Gasteiger partial charge in [-0.25, -0.2) is 0 Å². The van der Waals surface area contributed by atoms with Crippen LogP contribution in [0.2, 0.25) is 5.02 Å². The van der Waals surface area contributed by atoms with Crippen molar-refractivity contribution in [2.45, 2.75) is 26.3 Å². The smallest absolute Gasteiger partial charge is 0.151 e. The van der Waals surface area contributed by atoms with E-state index in [9.17, 15) is 4.79 Å². The van der Waals surface area contributed by atoms with E-state index in [1.165, 1.54) is 0 Å². The predicted octanol–water partition coefficient (Wildman–Crippen LogP) is 3.94. The number of aldehydes is 1. The van der Waals surface area contributed by atoms with Crippen molar-refractivity contribution < 1.29 is 4.79 Å². The third-order valence-corrected chi connectivity index (χ3v) is 2.87. The molecule has 0 spiro atoms. The summed E-state index contributed by atoms with van der Waals surface area (Å²) in [4.78, 5) is 12.9. The van der Waals surface area contributed by atoms with Gasteiger partial charge in [-0.3, -0.25) is 4.79 Å². The SMILES string of the molecule is C=CCN(c1ccc(C=O)c(Cl)c1)C(C)(C)C. The second kappa shape index (κ2) is 5.37. The summed E-state index contributed by atoms with van der Waals surface area (Å²) in [5, 5.41) is 0.482. The van der Waals surface area contributed by atoms with Crippen LogP contribution in [0.4, 0.5) is 5.69 Å². The molecule has 0 saturated heterocycles. The van der Waals surface area contributed by atoms with Crippen molar-refractivity contribution >= 4 is 23.6 Å². The number of hydrogen-bond donors (Lipinski definition) is 0. The van der Waals surface area contributed by atoms with Crippen LogP contribution >= 0.6 is 11.6 Å². The summed E-state index contributed by atoms with van der Waals surface area (Å²) in [5.74, 6) is 0. The molecule has 0 amide bonds. The summed E-state index contributed by atoms with van der Waals surface area (Å²) in [6.45, 7) is 10.9. The van der Waals surface area contributed by atoms with E-state index in [1.807, 2.05) is 18.2 Å². The summed E-state index contributed by atoms with van der Waals surface area (Å²) in [5.41, 5.74) is 1.48. The lowest BCUT2D eigenvalue weighted by Gasteiger charge is -2.37. The fraction of sp³-hybridized carbons (Fsp3) is 0.357. The largest absolute Gasteiger partial charge is 0.363 e. The van der Waals surface area contributed by atoms with Gasteiger partial charge in [0.25, 0.3) is 0 Å². The van der Waals surface area contributed by atoms with E-state index in [0.29, 0.717) is 10.6 Å². The molecule has 0 unspecified atom stereocenters. The highest BCUT2D eigenvalue weighted by Crippen LogP contribution is 2.27. The zero-order chi connectivity index (χ0) is 13.1. The molecular weight excluding hydrogens is 234 g/mol. The summed E-state index contributed by atoms with van der Waals surface area (Å²) in [6.07, 6.45) is 2.62. The molecule has 0 aromatic heterocycles. The second-order valence-corrected chi connectivity index (χ2v) is 5.30. The van der Waals surface area contributed by atoms with Gasteiger partial charge in [0.1, 0.15) is 0 Å². The molecule has 1 aromatic rings. The van der Waals surface area contributed by atoms with Crippen LogP contribution in [0, 0.1) is 0 Å². The molecule has 0 heterocycles. The van der Waals surface area contributed by atoms with Gasteiger partial charge in [-0.2, -0.15) is 0 Å². The van der Waals surface area contributed by atoms with Gasteiger partial charge in [-0.05, 0) is 39.0 Å². The minimum absolute atomic E-state index is 0.0276. The van der Waals surface area contributed by atoms with Crippen LogP contribution in [-0.2, 0) is 0 Å². The minimum atomic E-state index is -0.0276. The van der Waals surface area contributed by atoms with Crippen LogP contribution in [0.25, 0.3) is 0 Å². The van der Waals surface area contributed by atoms with E-state index >= 15 is 0 Å². The van der Waals surface area contributed by atoms with Crippen LogP contribution in [0.15, 0.2) is 30.9 Å². The fourth-order valence-electron chi connectivity index (χ4n) is 1.68. The molecule has 0 fully saturated rings. The first-order valence-electron chi connectivity index (χ1n) is 5.53. The van der Waals surface area contributed by atoms with Crippen molar-refractivity contribution in [1.29, 1.82) is 0 Å². The van der Waals surface area contributed by atoms with E-state index in [-0.39, 0.29) is 5.54 Å². The number of anilines is 1. The Morgan fingerprint density at radius 3 is 2.47 bits per heavy atom. The van der Waals surface area contributed by atoms with Gasteiger partial charge in [0.05, 0.1) is 5.02 Å². The third-order valence-electron chi connectivity index (χ3n) is 2.54. The number of nitrogens with zero attached hydrogens (tertiary/aromatic N) is 1. The van der Waals surface area contributed by atoms with Crippen LogP contribution in [-0.4, -0.2) is 18.4 Å². The molecule has 3 heteroatoms. The van der Waals surface area contributed by atoms with Crippen LogP contribution < -0.4 is 4.90 Å². The van der Waals surface area contributed by atoms with Crippen molar-refractivity contribution in [3.05, 3.63) is 41.4 Å². The lowest BCUT2D eigenvalue weighted by atomic mass is 10.0. The Balaban J connectivity index is 3.15. The molecule has 0 aliphatic rings. The first kappa shape index (κ1) is 13.8. The average Bonchev–Trinajstić information content (AvgIpc) is 2.24. The summed E-state index contributed by atoms with van der Waals surface area (Å²) >= 11 is 6.04. The molecule has 0 N–H and O–H groups in total. The molecule has 1 rings (SSSR count). The van der Waals surface area contributed by atoms with E-state index in [0.717, 1.165) is 18.5 Å².